The highest BCUT2D eigenvalue weighted by atomic mass is 32.1. The zero-order valence-electron chi connectivity index (χ0n) is 13.5. The third-order valence-electron chi connectivity index (χ3n) is 3.91. The number of pyridine rings is 1. The SMILES string of the molecule is CC[C@H](CO)N(Cc1cccnc1)C(=O)CCCc1cccs1. The van der Waals surface area contributed by atoms with Gasteiger partial charge in [0, 0.05) is 30.2 Å². The van der Waals surface area contributed by atoms with E-state index in [0.29, 0.717) is 13.0 Å². The highest BCUT2D eigenvalue weighted by Gasteiger charge is 2.21. The van der Waals surface area contributed by atoms with E-state index in [-0.39, 0.29) is 18.6 Å². The van der Waals surface area contributed by atoms with Crippen LogP contribution < -0.4 is 0 Å². The molecule has 0 aromatic carbocycles. The summed E-state index contributed by atoms with van der Waals surface area (Å²) < 4.78 is 0. The minimum atomic E-state index is -0.135. The number of carbonyl (C=O) groups excluding carboxylic acids is 1. The number of thiophene rings is 1. The average Bonchev–Trinajstić information content (AvgIpc) is 3.09. The number of aromatic nitrogens is 1. The smallest absolute Gasteiger partial charge is 0.223 e. The molecule has 2 aromatic rings. The largest absolute Gasteiger partial charge is 0.394 e. The Morgan fingerprint density at radius 2 is 2.26 bits per heavy atom. The van der Waals surface area contributed by atoms with E-state index in [0.717, 1.165) is 24.8 Å². The normalized spacial score (nSPS) is 12.1. The Kier molecular flexibility index (Phi) is 7.23. The van der Waals surface area contributed by atoms with Crippen molar-refractivity contribution in [2.24, 2.45) is 0 Å². The van der Waals surface area contributed by atoms with Crippen molar-refractivity contribution in [3.05, 3.63) is 52.5 Å². The standard InChI is InChI=1S/C18H24N2O2S/c1-2-16(14-21)20(13-15-6-4-10-19-12-15)18(22)9-3-7-17-8-5-11-23-17/h4-6,8,10-12,16,21H,2-3,7,9,13-14H2,1H3/t16-/m1/s1. The predicted molar refractivity (Wildman–Crippen MR) is 93.2 cm³/mol. The number of carbonyl (C=O) groups is 1. The maximum Gasteiger partial charge on any atom is 0.223 e. The first kappa shape index (κ1) is 17.6. The topological polar surface area (TPSA) is 53.4 Å². The summed E-state index contributed by atoms with van der Waals surface area (Å²) >= 11 is 1.73. The molecule has 5 heteroatoms. The summed E-state index contributed by atoms with van der Waals surface area (Å²) in [5.41, 5.74) is 0.992. The Morgan fingerprint density at radius 3 is 2.87 bits per heavy atom. The molecule has 2 rings (SSSR count). The lowest BCUT2D eigenvalue weighted by molar-refractivity contribution is -0.135. The summed E-state index contributed by atoms with van der Waals surface area (Å²) in [6, 6.07) is 7.84. The summed E-state index contributed by atoms with van der Waals surface area (Å²) in [7, 11) is 0. The van der Waals surface area contributed by atoms with Gasteiger partial charge in [0.1, 0.15) is 0 Å². The first-order valence-corrected chi connectivity index (χ1v) is 8.94. The molecule has 0 unspecified atom stereocenters. The zero-order valence-corrected chi connectivity index (χ0v) is 14.3. The van der Waals surface area contributed by atoms with Gasteiger partial charge in [-0.1, -0.05) is 19.1 Å². The molecule has 0 aliphatic rings. The van der Waals surface area contributed by atoms with Crippen molar-refractivity contribution in [3.63, 3.8) is 0 Å². The number of aryl methyl sites for hydroxylation is 1. The van der Waals surface area contributed by atoms with Crippen LogP contribution in [0.2, 0.25) is 0 Å². The van der Waals surface area contributed by atoms with Crippen molar-refractivity contribution in [1.29, 1.82) is 0 Å². The number of amides is 1. The second-order valence-corrected chi connectivity index (χ2v) is 6.59. The summed E-state index contributed by atoms with van der Waals surface area (Å²) in [6.07, 6.45) is 6.52. The number of aliphatic hydroxyl groups excluding tert-OH is 1. The van der Waals surface area contributed by atoms with Gasteiger partial charge < -0.3 is 10.0 Å². The van der Waals surface area contributed by atoms with Gasteiger partial charge in [0.05, 0.1) is 12.6 Å². The van der Waals surface area contributed by atoms with Crippen molar-refractivity contribution in [2.75, 3.05) is 6.61 Å². The first-order valence-electron chi connectivity index (χ1n) is 8.06. The van der Waals surface area contributed by atoms with Crippen LogP contribution in [0.25, 0.3) is 0 Å². The second-order valence-electron chi connectivity index (χ2n) is 5.56. The minimum Gasteiger partial charge on any atom is -0.394 e. The van der Waals surface area contributed by atoms with Crippen molar-refractivity contribution >= 4 is 17.2 Å². The fraction of sp³-hybridized carbons (Fsp3) is 0.444. The molecule has 0 spiro atoms. The summed E-state index contributed by atoms with van der Waals surface area (Å²) in [4.78, 5) is 19.8. The molecule has 2 heterocycles. The molecule has 0 fully saturated rings. The Balaban J connectivity index is 1.96. The van der Waals surface area contributed by atoms with Gasteiger partial charge in [-0.15, -0.1) is 11.3 Å². The van der Waals surface area contributed by atoms with Crippen LogP contribution in [-0.2, 0) is 17.8 Å². The average molecular weight is 332 g/mol. The van der Waals surface area contributed by atoms with Crippen LogP contribution in [0.4, 0.5) is 0 Å². The van der Waals surface area contributed by atoms with Gasteiger partial charge in [-0.3, -0.25) is 9.78 Å². The van der Waals surface area contributed by atoms with Gasteiger partial charge in [-0.2, -0.15) is 0 Å². The molecular weight excluding hydrogens is 308 g/mol. The highest BCUT2D eigenvalue weighted by molar-refractivity contribution is 7.09. The second kappa shape index (κ2) is 9.43. The molecule has 1 atom stereocenters. The molecular formula is C18H24N2O2S. The maximum atomic E-state index is 12.6. The van der Waals surface area contributed by atoms with Crippen LogP contribution in [0.5, 0.6) is 0 Å². The monoisotopic (exact) mass is 332 g/mol. The zero-order chi connectivity index (χ0) is 16.5. The number of aliphatic hydroxyl groups is 1. The van der Waals surface area contributed by atoms with Crippen LogP contribution in [0, 0.1) is 0 Å². The van der Waals surface area contributed by atoms with Gasteiger partial charge in [0.15, 0.2) is 0 Å². The van der Waals surface area contributed by atoms with E-state index < -0.39 is 0 Å². The molecule has 1 amide bonds. The van der Waals surface area contributed by atoms with E-state index in [1.165, 1.54) is 4.88 Å². The van der Waals surface area contributed by atoms with Crippen LogP contribution in [0.3, 0.4) is 0 Å². The lowest BCUT2D eigenvalue weighted by atomic mass is 10.1. The van der Waals surface area contributed by atoms with Crippen LogP contribution in [0.1, 0.15) is 36.6 Å². The molecule has 0 radical (unpaired) electrons. The Labute approximate surface area is 141 Å². The van der Waals surface area contributed by atoms with Crippen molar-refractivity contribution in [2.45, 2.75) is 45.2 Å². The number of hydrogen-bond donors (Lipinski definition) is 1. The third-order valence-corrected chi connectivity index (χ3v) is 4.85. The molecule has 1 N–H and O–H groups in total. The molecule has 124 valence electrons. The van der Waals surface area contributed by atoms with E-state index in [4.69, 9.17) is 0 Å². The van der Waals surface area contributed by atoms with Crippen LogP contribution in [-0.4, -0.2) is 33.5 Å². The van der Waals surface area contributed by atoms with Crippen molar-refractivity contribution in [3.8, 4) is 0 Å². The number of nitrogens with zero attached hydrogens (tertiary/aromatic N) is 2. The maximum absolute atomic E-state index is 12.6. The molecule has 2 aromatic heterocycles. The fourth-order valence-electron chi connectivity index (χ4n) is 2.57. The van der Waals surface area contributed by atoms with E-state index >= 15 is 0 Å². The Bertz CT molecular complexity index is 568. The molecule has 23 heavy (non-hydrogen) atoms. The van der Waals surface area contributed by atoms with E-state index in [1.807, 2.05) is 25.1 Å². The van der Waals surface area contributed by atoms with E-state index in [1.54, 1.807) is 28.6 Å². The van der Waals surface area contributed by atoms with Gasteiger partial charge in [0.2, 0.25) is 5.91 Å². The molecule has 0 aliphatic carbocycles. The molecule has 0 aliphatic heterocycles. The van der Waals surface area contributed by atoms with Gasteiger partial charge in [0.25, 0.3) is 0 Å². The molecule has 4 nitrogen and oxygen atoms in total. The first-order chi connectivity index (χ1) is 11.2. The van der Waals surface area contributed by atoms with Crippen LogP contribution in [0.15, 0.2) is 42.0 Å². The predicted octanol–water partition coefficient (Wildman–Crippen LogP) is 3.27. The Morgan fingerprint density at radius 1 is 1.39 bits per heavy atom. The van der Waals surface area contributed by atoms with E-state index in [9.17, 15) is 9.90 Å². The summed E-state index contributed by atoms with van der Waals surface area (Å²) in [5.74, 6) is 0.103. The minimum absolute atomic E-state index is 0.00652. The fourth-order valence-corrected chi connectivity index (χ4v) is 3.32. The summed E-state index contributed by atoms with van der Waals surface area (Å²) in [5, 5.41) is 11.7. The van der Waals surface area contributed by atoms with Gasteiger partial charge in [-0.05, 0) is 42.3 Å². The molecule has 0 bridgehead atoms. The van der Waals surface area contributed by atoms with Gasteiger partial charge in [-0.25, -0.2) is 0 Å². The molecule has 0 saturated carbocycles. The lowest BCUT2D eigenvalue weighted by Crippen LogP contribution is -2.41. The van der Waals surface area contributed by atoms with Gasteiger partial charge >= 0.3 is 0 Å². The number of hydrogen-bond acceptors (Lipinski definition) is 4. The quantitative estimate of drug-likeness (QED) is 0.767. The third kappa shape index (κ3) is 5.44. The molecule has 0 saturated heterocycles. The van der Waals surface area contributed by atoms with Crippen molar-refractivity contribution in [1.82, 2.24) is 9.88 Å². The van der Waals surface area contributed by atoms with Crippen LogP contribution >= 0.6 is 11.3 Å². The lowest BCUT2D eigenvalue weighted by Gasteiger charge is -2.30. The number of rotatable bonds is 9. The Hall–Kier alpha value is -1.72. The van der Waals surface area contributed by atoms with Crippen molar-refractivity contribution < 1.29 is 9.90 Å². The van der Waals surface area contributed by atoms with E-state index in [2.05, 4.69) is 16.4 Å². The summed E-state index contributed by atoms with van der Waals surface area (Å²) in [6.45, 7) is 2.49. The highest BCUT2D eigenvalue weighted by Crippen LogP contribution is 2.16.